The number of carbonyl (C=O) groups excluding carboxylic acids is 1. The van der Waals surface area contributed by atoms with E-state index in [1.165, 1.54) is 23.8 Å². The number of carbonyl (C=O) groups is 2. The van der Waals surface area contributed by atoms with E-state index in [1.807, 2.05) is 0 Å². The Balaban J connectivity index is 2.44. The van der Waals surface area contributed by atoms with Crippen LogP contribution in [0.1, 0.15) is 6.42 Å². The van der Waals surface area contributed by atoms with Gasteiger partial charge in [-0.1, -0.05) is 0 Å². The van der Waals surface area contributed by atoms with Gasteiger partial charge < -0.3 is 15.6 Å². The van der Waals surface area contributed by atoms with E-state index in [9.17, 15) is 9.59 Å². The normalized spacial score (nSPS) is 29.7. The molecule has 0 radical (unpaired) electrons. The highest BCUT2D eigenvalue weighted by molar-refractivity contribution is 8.00. The number of nitrogens with two attached hydrogens (primary N) is 1. The predicted molar refractivity (Wildman–Crippen MR) is 52.5 cm³/mol. The van der Waals surface area contributed by atoms with Crippen molar-refractivity contribution in [2.24, 2.45) is 5.73 Å². The standard InChI is InChI=1S/C8H10N2O4S/c1-14-6-5(8(12)13)10-3(11)2-4(10)15-7(6)9/h4,7H,2,9H2,1H3,(H,12,13)/t4-,7?/m1/s1. The number of nitrogens with zero attached hydrogens (tertiary/aromatic N) is 1. The Morgan fingerprint density at radius 1 is 1.73 bits per heavy atom. The van der Waals surface area contributed by atoms with Crippen molar-refractivity contribution in [3.05, 3.63) is 11.5 Å². The number of aliphatic carboxylic acids is 1. The highest BCUT2D eigenvalue weighted by Crippen LogP contribution is 2.42. The molecular formula is C8H10N2O4S. The SMILES string of the molecule is COC1=C(C(=O)O)N2C(=O)C[C@H]2SC1N. The molecule has 0 aromatic rings. The zero-order chi connectivity index (χ0) is 11.2. The summed E-state index contributed by atoms with van der Waals surface area (Å²) in [6.45, 7) is 0. The van der Waals surface area contributed by atoms with Gasteiger partial charge in [-0.15, -0.1) is 11.8 Å². The Morgan fingerprint density at radius 2 is 2.40 bits per heavy atom. The Kier molecular flexibility index (Phi) is 2.35. The van der Waals surface area contributed by atoms with Crippen molar-refractivity contribution >= 4 is 23.6 Å². The summed E-state index contributed by atoms with van der Waals surface area (Å²) < 4.78 is 4.94. The number of carboxylic acids is 1. The molecule has 1 fully saturated rings. The third-order valence-electron chi connectivity index (χ3n) is 2.36. The highest BCUT2D eigenvalue weighted by atomic mass is 32.2. The van der Waals surface area contributed by atoms with Gasteiger partial charge >= 0.3 is 5.97 Å². The van der Waals surface area contributed by atoms with Gasteiger partial charge in [0.1, 0.15) is 5.37 Å². The molecule has 0 saturated carbocycles. The molecule has 7 heteroatoms. The number of amides is 1. The van der Waals surface area contributed by atoms with Crippen LogP contribution >= 0.6 is 11.8 Å². The fraction of sp³-hybridized carbons (Fsp3) is 0.500. The van der Waals surface area contributed by atoms with Gasteiger partial charge in [0.25, 0.3) is 0 Å². The van der Waals surface area contributed by atoms with Crippen molar-refractivity contribution in [1.82, 2.24) is 4.90 Å². The maximum atomic E-state index is 11.3. The van der Waals surface area contributed by atoms with Crippen LogP contribution in [0.25, 0.3) is 0 Å². The highest BCUT2D eigenvalue weighted by Gasteiger charge is 2.48. The number of fused-ring (bicyclic) bond motifs is 1. The first-order valence-electron chi connectivity index (χ1n) is 4.30. The second-order valence-corrected chi connectivity index (χ2v) is 4.53. The van der Waals surface area contributed by atoms with Crippen molar-refractivity contribution in [3.63, 3.8) is 0 Å². The van der Waals surface area contributed by atoms with Crippen molar-refractivity contribution in [3.8, 4) is 0 Å². The summed E-state index contributed by atoms with van der Waals surface area (Å²) in [6.07, 6.45) is 0.339. The minimum atomic E-state index is -1.18. The first-order chi connectivity index (χ1) is 7.06. The lowest BCUT2D eigenvalue weighted by molar-refractivity contribution is -0.146. The monoisotopic (exact) mass is 230 g/mol. The summed E-state index contributed by atoms with van der Waals surface area (Å²) in [5, 5.41) is 8.33. The van der Waals surface area contributed by atoms with Crippen LogP contribution < -0.4 is 5.73 Å². The van der Waals surface area contributed by atoms with Crippen molar-refractivity contribution < 1.29 is 19.4 Å². The number of carboxylic acid groups (broad SMARTS) is 1. The smallest absolute Gasteiger partial charge is 0.356 e. The number of β-lactam (4-membered cyclic amide) rings is 1. The Bertz CT molecular complexity index is 368. The first kappa shape index (κ1) is 10.3. The lowest BCUT2D eigenvalue weighted by Crippen LogP contribution is -2.56. The predicted octanol–water partition coefficient (Wildman–Crippen LogP) is -0.481. The van der Waals surface area contributed by atoms with Crippen molar-refractivity contribution in [2.75, 3.05) is 7.11 Å². The van der Waals surface area contributed by atoms with E-state index in [-0.39, 0.29) is 22.7 Å². The molecule has 3 N–H and O–H groups in total. The van der Waals surface area contributed by atoms with Crippen LogP contribution in [0.15, 0.2) is 11.5 Å². The molecule has 15 heavy (non-hydrogen) atoms. The van der Waals surface area contributed by atoms with Gasteiger partial charge in [0.15, 0.2) is 11.5 Å². The number of methoxy groups -OCH3 is 1. The summed E-state index contributed by atoms with van der Waals surface area (Å²) in [6, 6.07) is 0. The van der Waals surface area contributed by atoms with Gasteiger partial charge in [0, 0.05) is 0 Å². The number of rotatable bonds is 2. The molecule has 2 rings (SSSR count). The van der Waals surface area contributed by atoms with Gasteiger partial charge in [-0.05, 0) is 0 Å². The summed E-state index contributed by atoms with van der Waals surface area (Å²) in [4.78, 5) is 23.5. The molecule has 2 aliphatic heterocycles. The van der Waals surface area contributed by atoms with Gasteiger partial charge in [0.05, 0.1) is 18.9 Å². The maximum Gasteiger partial charge on any atom is 0.356 e. The molecule has 1 saturated heterocycles. The van der Waals surface area contributed by atoms with Crippen LogP contribution in [0.3, 0.4) is 0 Å². The molecule has 82 valence electrons. The number of hydrogen-bond acceptors (Lipinski definition) is 5. The van der Waals surface area contributed by atoms with Gasteiger partial charge in [-0.3, -0.25) is 9.69 Å². The molecule has 0 aliphatic carbocycles. The minimum Gasteiger partial charge on any atom is -0.496 e. The van der Waals surface area contributed by atoms with E-state index >= 15 is 0 Å². The van der Waals surface area contributed by atoms with Gasteiger partial charge in [0.2, 0.25) is 5.91 Å². The average molecular weight is 230 g/mol. The second-order valence-electron chi connectivity index (χ2n) is 3.20. The number of thioether (sulfide) groups is 1. The quantitative estimate of drug-likeness (QED) is 0.622. The van der Waals surface area contributed by atoms with Crippen molar-refractivity contribution in [2.45, 2.75) is 17.2 Å². The zero-order valence-electron chi connectivity index (χ0n) is 7.97. The minimum absolute atomic E-state index is 0.120. The third kappa shape index (κ3) is 1.38. The molecule has 0 aromatic carbocycles. The van der Waals surface area contributed by atoms with Gasteiger partial charge in [-0.2, -0.15) is 0 Å². The summed E-state index contributed by atoms with van der Waals surface area (Å²) in [7, 11) is 1.35. The fourth-order valence-corrected chi connectivity index (χ4v) is 2.92. The van der Waals surface area contributed by atoms with Crippen LogP contribution in [-0.2, 0) is 14.3 Å². The first-order valence-corrected chi connectivity index (χ1v) is 5.25. The van der Waals surface area contributed by atoms with E-state index in [0.29, 0.717) is 6.42 Å². The van der Waals surface area contributed by atoms with Crippen LogP contribution in [-0.4, -0.2) is 39.7 Å². The van der Waals surface area contributed by atoms with Crippen LogP contribution in [0.4, 0.5) is 0 Å². The topological polar surface area (TPSA) is 92.9 Å². The lowest BCUT2D eigenvalue weighted by Gasteiger charge is -2.44. The molecular weight excluding hydrogens is 220 g/mol. The number of hydrogen-bond donors (Lipinski definition) is 2. The molecule has 1 amide bonds. The Hall–Kier alpha value is -1.21. The van der Waals surface area contributed by atoms with Gasteiger partial charge in [-0.25, -0.2) is 4.79 Å². The molecule has 0 bridgehead atoms. The van der Waals surface area contributed by atoms with Crippen molar-refractivity contribution in [1.29, 1.82) is 0 Å². The molecule has 1 unspecified atom stereocenters. The number of ether oxygens (including phenoxy) is 1. The summed E-state index contributed by atoms with van der Waals surface area (Å²) >= 11 is 1.33. The lowest BCUT2D eigenvalue weighted by atomic mass is 10.1. The van der Waals surface area contributed by atoms with E-state index in [0.717, 1.165) is 0 Å². The van der Waals surface area contributed by atoms with Crippen LogP contribution in [0.5, 0.6) is 0 Å². The second kappa shape index (κ2) is 3.42. The van der Waals surface area contributed by atoms with E-state index in [4.69, 9.17) is 15.6 Å². The van der Waals surface area contributed by atoms with E-state index in [2.05, 4.69) is 0 Å². The molecule has 0 spiro atoms. The zero-order valence-corrected chi connectivity index (χ0v) is 8.78. The molecule has 6 nitrogen and oxygen atoms in total. The Labute approximate surface area is 90.0 Å². The molecule has 2 aliphatic rings. The van der Waals surface area contributed by atoms with Crippen LogP contribution in [0.2, 0.25) is 0 Å². The third-order valence-corrected chi connectivity index (χ3v) is 3.56. The summed E-state index contributed by atoms with van der Waals surface area (Å²) in [5.74, 6) is -1.23. The average Bonchev–Trinajstić information content (AvgIpc) is 2.15. The maximum absolute atomic E-state index is 11.3. The summed E-state index contributed by atoms with van der Waals surface area (Å²) in [5.41, 5.74) is 5.61. The fourth-order valence-electron chi connectivity index (χ4n) is 1.67. The van der Waals surface area contributed by atoms with E-state index in [1.54, 1.807) is 0 Å². The molecule has 0 aromatic heterocycles. The van der Waals surface area contributed by atoms with Crippen LogP contribution in [0, 0.1) is 0 Å². The molecule has 2 atom stereocenters. The largest absolute Gasteiger partial charge is 0.496 e. The van der Waals surface area contributed by atoms with E-state index < -0.39 is 11.3 Å². The molecule has 2 heterocycles. The Morgan fingerprint density at radius 3 is 2.87 bits per heavy atom.